The first-order valence-corrected chi connectivity index (χ1v) is 7.56. The highest BCUT2D eigenvalue weighted by Gasteiger charge is 2.05. The van der Waals surface area contributed by atoms with Gasteiger partial charge >= 0.3 is 0 Å². The summed E-state index contributed by atoms with van der Waals surface area (Å²) in [6.07, 6.45) is 2.25. The second kappa shape index (κ2) is 9.21. The van der Waals surface area contributed by atoms with Gasteiger partial charge in [-0.1, -0.05) is 19.4 Å². The number of benzene rings is 1. The van der Waals surface area contributed by atoms with Crippen molar-refractivity contribution in [3.63, 3.8) is 0 Å². The Balaban J connectivity index is 2.68. The minimum absolute atomic E-state index is 0.211. The molecule has 118 valence electrons. The molecular weight excluding hydrogens is 267 g/mol. The van der Waals surface area contributed by atoms with Crippen molar-refractivity contribution in [2.45, 2.75) is 33.2 Å². The number of hydrogen-bond acceptors (Lipinski definition) is 2. The third-order valence-electron chi connectivity index (χ3n) is 3.08. The van der Waals surface area contributed by atoms with Crippen LogP contribution in [-0.4, -0.2) is 33.1 Å². The molecule has 1 rings (SSSR count). The molecule has 4 nitrogen and oxygen atoms in total. The number of anilines is 1. The number of aliphatic imine (C=N–C) groups is 1. The molecule has 0 spiro atoms. The molecule has 0 heterocycles. The van der Waals surface area contributed by atoms with E-state index in [4.69, 9.17) is 0 Å². The molecule has 1 aromatic carbocycles. The van der Waals surface area contributed by atoms with E-state index >= 15 is 0 Å². The molecule has 0 bridgehead atoms. The fourth-order valence-corrected chi connectivity index (χ4v) is 1.91. The molecule has 21 heavy (non-hydrogen) atoms. The maximum absolute atomic E-state index is 13.9. The van der Waals surface area contributed by atoms with E-state index in [1.54, 1.807) is 17.0 Å². The lowest BCUT2D eigenvalue weighted by molar-refractivity contribution is 0.623. The summed E-state index contributed by atoms with van der Waals surface area (Å²) in [6.45, 7) is 6.36. The van der Waals surface area contributed by atoms with Crippen LogP contribution in [-0.2, 0) is 6.54 Å². The van der Waals surface area contributed by atoms with Crippen LogP contribution in [0.5, 0.6) is 0 Å². The lowest BCUT2D eigenvalue weighted by atomic mass is 10.2. The number of rotatable bonds is 7. The van der Waals surface area contributed by atoms with Crippen molar-refractivity contribution < 1.29 is 4.39 Å². The second-order valence-corrected chi connectivity index (χ2v) is 5.16. The summed E-state index contributed by atoms with van der Waals surface area (Å²) in [5.41, 5.74) is 1.46. The number of nitrogens with one attached hydrogen (secondary N) is 2. The summed E-state index contributed by atoms with van der Waals surface area (Å²) in [5, 5.41) is 6.47. The van der Waals surface area contributed by atoms with E-state index in [-0.39, 0.29) is 5.82 Å². The highest BCUT2D eigenvalue weighted by atomic mass is 19.1. The zero-order chi connectivity index (χ0) is 15.7. The van der Waals surface area contributed by atoms with Gasteiger partial charge in [-0.05, 0) is 31.0 Å². The van der Waals surface area contributed by atoms with E-state index in [2.05, 4.69) is 22.5 Å². The fourth-order valence-electron chi connectivity index (χ4n) is 1.91. The Morgan fingerprint density at radius 1 is 1.24 bits per heavy atom. The zero-order valence-corrected chi connectivity index (χ0v) is 13.5. The largest absolute Gasteiger partial charge is 0.375 e. The van der Waals surface area contributed by atoms with E-state index in [0.717, 1.165) is 37.5 Å². The van der Waals surface area contributed by atoms with Crippen LogP contribution in [0.4, 0.5) is 10.1 Å². The Morgan fingerprint density at radius 2 is 2.00 bits per heavy atom. The number of unbranched alkanes of at least 4 members (excludes halogenated alkanes) is 1. The molecule has 0 atom stereocenters. The van der Waals surface area contributed by atoms with E-state index in [9.17, 15) is 4.39 Å². The predicted molar refractivity (Wildman–Crippen MR) is 88.5 cm³/mol. The Labute approximate surface area is 127 Å². The van der Waals surface area contributed by atoms with Crippen LogP contribution in [0, 0.1) is 5.82 Å². The van der Waals surface area contributed by atoms with Crippen LogP contribution in [0.25, 0.3) is 0 Å². The van der Waals surface area contributed by atoms with Crippen molar-refractivity contribution in [2.75, 3.05) is 32.1 Å². The third-order valence-corrected chi connectivity index (χ3v) is 3.08. The highest BCUT2D eigenvalue weighted by Crippen LogP contribution is 2.18. The summed E-state index contributed by atoms with van der Waals surface area (Å²) in [6, 6.07) is 5.25. The van der Waals surface area contributed by atoms with Crippen molar-refractivity contribution in [1.82, 2.24) is 10.6 Å². The van der Waals surface area contributed by atoms with Crippen molar-refractivity contribution >= 4 is 11.6 Å². The van der Waals surface area contributed by atoms with E-state index in [1.165, 1.54) is 0 Å². The summed E-state index contributed by atoms with van der Waals surface area (Å²) in [7, 11) is 3.66. The Morgan fingerprint density at radius 3 is 2.57 bits per heavy atom. The molecule has 5 heteroatoms. The van der Waals surface area contributed by atoms with Gasteiger partial charge in [-0.3, -0.25) is 0 Å². The summed E-state index contributed by atoms with van der Waals surface area (Å²) < 4.78 is 13.9. The molecule has 0 aromatic heterocycles. The molecule has 0 aliphatic heterocycles. The third kappa shape index (κ3) is 6.02. The van der Waals surface area contributed by atoms with Gasteiger partial charge in [0, 0.05) is 27.2 Å². The second-order valence-electron chi connectivity index (χ2n) is 5.16. The SMILES string of the molecule is CCCCNC(=NCc1ccc(N(C)C)c(F)c1)NCC. The summed E-state index contributed by atoms with van der Waals surface area (Å²) >= 11 is 0. The van der Waals surface area contributed by atoms with E-state index in [0.29, 0.717) is 12.2 Å². The molecule has 0 radical (unpaired) electrons. The average Bonchev–Trinajstić information content (AvgIpc) is 2.44. The number of guanidine groups is 1. The topological polar surface area (TPSA) is 39.7 Å². The van der Waals surface area contributed by atoms with Gasteiger partial charge in [-0.25, -0.2) is 9.38 Å². The molecule has 0 amide bonds. The van der Waals surface area contributed by atoms with Crippen molar-refractivity contribution in [3.8, 4) is 0 Å². The van der Waals surface area contributed by atoms with Gasteiger partial charge in [0.05, 0.1) is 12.2 Å². The maximum Gasteiger partial charge on any atom is 0.191 e. The molecular formula is C16H27FN4. The van der Waals surface area contributed by atoms with Gasteiger partial charge < -0.3 is 15.5 Å². The molecule has 0 aliphatic carbocycles. The van der Waals surface area contributed by atoms with Gasteiger partial charge in [0.15, 0.2) is 5.96 Å². The fraction of sp³-hybridized carbons (Fsp3) is 0.562. The maximum atomic E-state index is 13.9. The van der Waals surface area contributed by atoms with Crippen LogP contribution in [0.2, 0.25) is 0 Å². The summed E-state index contributed by atoms with van der Waals surface area (Å²) in [5.74, 6) is 0.569. The first kappa shape index (κ1) is 17.3. The van der Waals surface area contributed by atoms with Gasteiger partial charge in [0.25, 0.3) is 0 Å². The van der Waals surface area contributed by atoms with Crippen LogP contribution in [0.15, 0.2) is 23.2 Å². The number of nitrogens with zero attached hydrogens (tertiary/aromatic N) is 2. The van der Waals surface area contributed by atoms with Crippen LogP contribution in [0.3, 0.4) is 0 Å². The van der Waals surface area contributed by atoms with Crippen molar-refractivity contribution in [2.24, 2.45) is 4.99 Å². The molecule has 0 fully saturated rings. The molecule has 0 saturated carbocycles. The van der Waals surface area contributed by atoms with Gasteiger partial charge in [0.2, 0.25) is 0 Å². The Hall–Kier alpha value is -1.78. The standard InChI is InChI=1S/C16H27FN4/c1-5-7-10-19-16(18-6-2)20-12-13-8-9-15(21(3)4)14(17)11-13/h8-9,11H,5-7,10,12H2,1-4H3,(H2,18,19,20). The molecule has 2 N–H and O–H groups in total. The highest BCUT2D eigenvalue weighted by molar-refractivity contribution is 5.79. The molecule has 1 aromatic rings. The van der Waals surface area contributed by atoms with Gasteiger partial charge in [-0.15, -0.1) is 0 Å². The Kier molecular flexibility index (Phi) is 7.58. The average molecular weight is 294 g/mol. The number of hydrogen-bond donors (Lipinski definition) is 2. The van der Waals surface area contributed by atoms with E-state index < -0.39 is 0 Å². The molecule has 0 unspecified atom stereocenters. The molecule has 0 saturated heterocycles. The lowest BCUT2D eigenvalue weighted by Crippen LogP contribution is -2.37. The zero-order valence-electron chi connectivity index (χ0n) is 13.5. The van der Waals surface area contributed by atoms with Crippen molar-refractivity contribution in [3.05, 3.63) is 29.6 Å². The predicted octanol–water partition coefficient (Wildman–Crippen LogP) is 2.75. The van der Waals surface area contributed by atoms with E-state index in [1.807, 2.05) is 27.1 Å². The normalized spacial score (nSPS) is 11.4. The van der Waals surface area contributed by atoms with Crippen molar-refractivity contribution in [1.29, 1.82) is 0 Å². The quantitative estimate of drug-likeness (QED) is 0.461. The minimum atomic E-state index is -0.211. The summed E-state index contributed by atoms with van der Waals surface area (Å²) in [4.78, 5) is 6.25. The smallest absolute Gasteiger partial charge is 0.191 e. The van der Waals surface area contributed by atoms with Crippen LogP contribution >= 0.6 is 0 Å². The van der Waals surface area contributed by atoms with Gasteiger partial charge in [0.1, 0.15) is 5.82 Å². The van der Waals surface area contributed by atoms with Crippen LogP contribution in [0.1, 0.15) is 32.3 Å². The lowest BCUT2D eigenvalue weighted by Gasteiger charge is -2.14. The molecule has 0 aliphatic rings. The van der Waals surface area contributed by atoms with Gasteiger partial charge in [-0.2, -0.15) is 0 Å². The Bertz CT molecular complexity index is 458. The first-order valence-electron chi connectivity index (χ1n) is 7.56. The first-order chi connectivity index (χ1) is 10.1. The monoisotopic (exact) mass is 294 g/mol. The van der Waals surface area contributed by atoms with Crippen LogP contribution < -0.4 is 15.5 Å². The minimum Gasteiger partial charge on any atom is -0.375 e. The number of halogens is 1.